The molecule has 1 saturated heterocycles. The fraction of sp³-hybridized carbons (Fsp3) is 0.552. The number of halogens is 1. The molecule has 3 aromatic rings. The fourth-order valence-electron chi connectivity index (χ4n) is 6.66. The van der Waals surface area contributed by atoms with E-state index >= 15 is 0 Å². The Labute approximate surface area is 251 Å². The minimum atomic E-state index is -3.57. The third-order valence-electron chi connectivity index (χ3n) is 8.76. The van der Waals surface area contributed by atoms with Crippen LogP contribution in [-0.4, -0.2) is 61.8 Å². The number of hydrogen-bond donors (Lipinski definition) is 0. The van der Waals surface area contributed by atoms with Crippen molar-refractivity contribution in [3.8, 4) is 11.1 Å². The number of pyridine rings is 1. The maximum absolute atomic E-state index is 13.8. The summed E-state index contributed by atoms with van der Waals surface area (Å²) in [5, 5.41) is 0.654. The molecule has 12 heteroatoms. The number of rotatable bonds is 6. The summed E-state index contributed by atoms with van der Waals surface area (Å²) in [6, 6.07) is 7.96. The third kappa shape index (κ3) is 5.20. The molecule has 2 fully saturated rings. The van der Waals surface area contributed by atoms with E-state index in [1.807, 2.05) is 28.6 Å². The van der Waals surface area contributed by atoms with Gasteiger partial charge >= 0.3 is 0 Å². The molecule has 1 aromatic carbocycles. The number of hydrogen-bond acceptors (Lipinski definition) is 8. The predicted molar refractivity (Wildman–Crippen MR) is 166 cm³/mol. The molecule has 1 saturated carbocycles. The first-order valence-corrected chi connectivity index (χ1v) is 18.5. The summed E-state index contributed by atoms with van der Waals surface area (Å²) in [6.45, 7) is 6.67. The van der Waals surface area contributed by atoms with Crippen molar-refractivity contribution < 1.29 is 21.0 Å². The van der Waals surface area contributed by atoms with E-state index in [2.05, 4.69) is 9.88 Å². The molecule has 2 aliphatic heterocycles. The molecule has 4 heterocycles. The first-order valence-electron chi connectivity index (χ1n) is 14.0. The minimum absolute atomic E-state index is 0.0404. The second kappa shape index (κ2) is 10.2. The predicted octanol–water partition coefficient (Wildman–Crippen LogP) is 5.97. The highest BCUT2D eigenvalue weighted by molar-refractivity contribution is 7.90. The molecular weight excluding hydrogens is 602 g/mol. The summed E-state index contributed by atoms with van der Waals surface area (Å²) >= 11 is 8.17. The fourth-order valence-corrected chi connectivity index (χ4v) is 10.2. The van der Waals surface area contributed by atoms with Gasteiger partial charge in [0.1, 0.15) is 6.61 Å². The number of aryl methyl sites for hydroxylation is 1. The van der Waals surface area contributed by atoms with Crippen molar-refractivity contribution in [3.05, 3.63) is 45.9 Å². The van der Waals surface area contributed by atoms with Gasteiger partial charge < -0.3 is 4.90 Å². The summed E-state index contributed by atoms with van der Waals surface area (Å²) in [4.78, 5) is 7.75. The summed E-state index contributed by atoms with van der Waals surface area (Å²) in [6.07, 6.45) is 8.37. The van der Waals surface area contributed by atoms with Crippen molar-refractivity contribution >= 4 is 59.0 Å². The van der Waals surface area contributed by atoms with Gasteiger partial charge in [-0.3, -0.25) is 9.17 Å². The zero-order valence-corrected chi connectivity index (χ0v) is 27.0. The van der Waals surface area contributed by atoms with Crippen LogP contribution in [0.4, 0.5) is 5.69 Å². The molecule has 0 amide bonds. The van der Waals surface area contributed by atoms with Gasteiger partial charge in [-0.05, 0) is 89.1 Å². The number of fused-ring (bicyclic) bond motifs is 2. The number of anilines is 1. The van der Waals surface area contributed by atoms with Crippen LogP contribution in [0.15, 0.2) is 30.5 Å². The molecule has 0 radical (unpaired) electrons. The van der Waals surface area contributed by atoms with E-state index in [-0.39, 0.29) is 18.2 Å². The number of sulfonamides is 1. The van der Waals surface area contributed by atoms with Crippen LogP contribution in [0.2, 0.25) is 5.02 Å². The molecule has 3 aliphatic rings. The van der Waals surface area contributed by atoms with Crippen LogP contribution in [-0.2, 0) is 37.4 Å². The minimum Gasteiger partial charge on any atom is -0.366 e. The Morgan fingerprint density at radius 1 is 1.12 bits per heavy atom. The molecule has 1 atom stereocenters. The normalized spacial score (nSPS) is 21.4. The van der Waals surface area contributed by atoms with E-state index in [1.165, 1.54) is 16.9 Å². The van der Waals surface area contributed by atoms with Crippen LogP contribution in [0.25, 0.3) is 21.3 Å². The molecule has 6 rings (SSSR count). The van der Waals surface area contributed by atoms with Gasteiger partial charge in [-0.15, -0.1) is 11.3 Å². The second-order valence-corrected chi connectivity index (χ2v) is 18.4. The lowest BCUT2D eigenvalue weighted by Gasteiger charge is -2.46. The quantitative estimate of drug-likeness (QED) is 0.307. The Morgan fingerprint density at radius 3 is 2.54 bits per heavy atom. The topological polar surface area (TPSA) is 96.9 Å². The monoisotopic (exact) mass is 637 g/mol. The zero-order valence-electron chi connectivity index (χ0n) is 23.8. The summed E-state index contributed by atoms with van der Waals surface area (Å²) in [5.74, 6) is 0. The second-order valence-electron chi connectivity index (χ2n) is 12.6. The zero-order chi connectivity index (χ0) is 29.4. The van der Waals surface area contributed by atoms with Gasteiger partial charge in [0.15, 0.2) is 0 Å². The smallest absolute Gasteiger partial charge is 0.264 e. The first kappa shape index (κ1) is 29.3. The highest BCUT2D eigenvalue weighted by atomic mass is 35.5. The molecule has 0 unspecified atom stereocenters. The molecule has 0 bridgehead atoms. The van der Waals surface area contributed by atoms with E-state index < -0.39 is 24.9 Å². The van der Waals surface area contributed by atoms with Crippen molar-refractivity contribution in [2.75, 3.05) is 24.2 Å². The number of aromatic nitrogens is 1. The molecule has 1 spiro atoms. The van der Waals surface area contributed by atoms with E-state index in [1.54, 1.807) is 27.0 Å². The van der Waals surface area contributed by atoms with Crippen LogP contribution in [0.3, 0.4) is 0 Å². The van der Waals surface area contributed by atoms with Gasteiger partial charge in [-0.25, -0.2) is 8.42 Å². The van der Waals surface area contributed by atoms with Gasteiger partial charge in [0.2, 0.25) is 10.0 Å². The molecule has 0 N–H and O–H groups in total. The molecule has 1 aliphatic carbocycles. The van der Waals surface area contributed by atoms with Gasteiger partial charge in [0.05, 0.1) is 21.2 Å². The van der Waals surface area contributed by atoms with E-state index in [0.717, 1.165) is 83.2 Å². The average molecular weight is 638 g/mol. The molecule has 41 heavy (non-hydrogen) atoms. The maximum atomic E-state index is 13.8. The molecular formula is C29H36ClN3O5S3. The number of thiophene rings is 1. The van der Waals surface area contributed by atoms with Crippen LogP contribution in [0.5, 0.6) is 0 Å². The highest BCUT2D eigenvalue weighted by Crippen LogP contribution is 2.52. The lowest BCUT2D eigenvalue weighted by Crippen LogP contribution is -2.56. The SMILES string of the molecule is CC(C)(C)S(=O)(=O)N1C[C@@H](N2CCCc3cc(Cl)cc(-c4ccnc5cc(COS(C)(=O)=O)sc45)c32)CC12CCC2. The van der Waals surface area contributed by atoms with E-state index in [4.69, 9.17) is 15.8 Å². The molecule has 2 aromatic heterocycles. The highest BCUT2D eigenvalue weighted by Gasteiger charge is 2.57. The Balaban J connectivity index is 1.43. The van der Waals surface area contributed by atoms with Crippen LogP contribution in [0, 0.1) is 0 Å². The van der Waals surface area contributed by atoms with E-state index in [0.29, 0.717) is 11.6 Å². The van der Waals surface area contributed by atoms with Crippen LogP contribution in [0.1, 0.15) is 63.3 Å². The summed E-state index contributed by atoms with van der Waals surface area (Å²) < 4.78 is 57.7. The lowest BCUT2D eigenvalue weighted by molar-refractivity contribution is 0.125. The Kier molecular flexibility index (Phi) is 7.27. The number of benzene rings is 1. The average Bonchev–Trinajstić information content (AvgIpc) is 3.48. The van der Waals surface area contributed by atoms with Crippen LogP contribution >= 0.6 is 22.9 Å². The summed E-state index contributed by atoms with van der Waals surface area (Å²) in [5.41, 5.74) is 4.73. The van der Waals surface area contributed by atoms with Crippen molar-refractivity contribution in [1.29, 1.82) is 0 Å². The van der Waals surface area contributed by atoms with Gasteiger partial charge in [0, 0.05) is 57.6 Å². The lowest BCUT2D eigenvalue weighted by atomic mass is 9.75. The standard InChI is InChI=1S/C29H36ClN3O5S3/c1-28(2,3)41(36,37)33-17-21(16-29(33)9-6-10-29)32-12-5-7-19-13-20(30)14-24(26(19)32)23-8-11-31-25-15-22(39-27(23)25)18-38-40(4,34)35/h8,11,13-15,21H,5-7,9-10,12,16-18H2,1-4H3/t21-/m0/s1. The summed E-state index contributed by atoms with van der Waals surface area (Å²) in [7, 11) is -7.05. The van der Waals surface area contributed by atoms with Crippen LogP contribution < -0.4 is 4.90 Å². The van der Waals surface area contributed by atoms with Gasteiger partial charge in [-0.1, -0.05) is 11.6 Å². The van der Waals surface area contributed by atoms with Gasteiger partial charge in [-0.2, -0.15) is 12.7 Å². The molecule has 222 valence electrons. The van der Waals surface area contributed by atoms with Crippen molar-refractivity contribution in [1.82, 2.24) is 9.29 Å². The van der Waals surface area contributed by atoms with E-state index in [9.17, 15) is 16.8 Å². The largest absolute Gasteiger partial charge is 0.366 e. The Hall–Kier alpha value is -1.76. The van der Waals surface area contributed by atoms with Gasteiger partial charge in [0.25, 0.3) is 10.1 Å². The Morgan fingerprint density at radius 2 is 1.88 bits per heavy atom. The molecule has 8 nitrogen and oxygen atoms in total. The Bertz CT molecular complexity index is 1730. The van der Waals surface area contributed by atoms with Crippen molar-refractivity contribution in [2.24, 2.45) is 0 Å². The third-order valence-corrected chi connectivity index (χ3v) is 13.3. The van der Waals surface area contributed by atoms with Crippen molar-refractivity contribution in [3.63, 3.8) is 0 Å². The van der Waals surface area contributed by atoms with Crippen molar-refractivity contribution in [2.45, 2.75) is 82.2 Å². The number of nitrogens with zero attached hydrogens (tertiary/aromatic N) is 3. The maximum Gasteiger partial charge on any atom is 0.264 e. The first-order chi connectivity index (χ1) is 19.2.